The number of amides is 2. The van der Waals surface area contributed by atoms with Gasteiger partial charge >= 0.3 is 6.36 Å². The van der Waals surface area contributed by atoms with Gasteiger partial charge < -0.3 is 24.2 Å². The van der Waals surface area contributed by atoms with Crippen LogP contribution in [0.25, 0.3) is 0 Å². The van der Waals surface area contributed by atoms with Crippen LogP contribution in [-0.2, 0) is 9.59 Å². The molecule has 2 amide bonds. The molecule has 3 rings (SSSR count). The van der Waals surface area contributed by atoms with Gasteiger partial charge in [-0.15, -0.1) is 13.2 Å². The molecule has 1 aromatic rings. The molecule has 2 heterocycles. The van der Waals surface area contributed by atoms with Crippen LogP contribution in [0.4, 0.5) is 13.2 Å². The molecule has 2 saturated heterocycles. The fourth-order valence-corrected chi connectivity index (χ4v) is 3.73. The summed E-state index contributed by atoms with van der Waals surface area (Å²) >= 11 is 0. The lowest BCUT2D eigenvalue weighted by molar-refractivity contribution is -0.274. The molecule has 32 heavy (non-hydrogen) atoms. The highest BCUT2D eigenvalue weighted by Gasteiger charge is 2.31. The Morgan fingerprint density at radius 1 is 0.812 bits per heavy atom. The van der Waals surface area contributed by atoms with Gasteiger partial charge in [-0.2, -0.15) is 0 Å². The second-order valence-corrected chi connectivity index (χ2v) is 7.78. The zero-order chi connectivity index (χ0) is 23.1. The number of benzene rings is 1. The van der Waals surface area contributed by atoms with Crippen LogP contribution < -0.4 is 9.47 Å². The Kier molecular flexibility index (Phi) is 8.19. The quantitative estimate of drug-likeness (QED) is 0.613. The first-order valence-electron chi connectivity index (χ1n) is 10.7. The van der Waals surface area contributed by atoms with E-state index in [1.165, 1.54) is 12.1 Å². The number of likely N-dealkylation sites (N-methyl/N-ethyl adjacent to an activating group) is 1. The van der Waals surface area contributed by atoms with Crippen LogP contribution in [-0.4, -0.2) is 110 Å². The van der Waals surface area contributed by atoms with Gasteiger partial charge in [0.15, 0.2) is 6.61 Å². The molecule has 0 radical (unpaired) electrons. The SMILES string of the molecule is CCN1CCN(C(=O)CN2CCN(C(=O)COc3ccc(OC(F)(F)F)cc3)CC2)CC1. The van der Waals surface area contributed by atoms with Gasteiger partial charge in [-0.05, 0) is 30.8 Å². The minimum Gasteiger partial charge on any atom is -0.484 e. The van der Waals surface area contributed by atoms with E-state index in [9.17, 15) is 22.8 Å². The normalized spacial score (nSPS) is 18.5. The number of carbonyl (C=O) groups is 2. The number of halogens is 3. The average Bonchev–Trinajstić information content (AvgIpc) is 2.78. The van der Waals surface area contributed by atoms with E-state index in [2.05, 4.69) is 21.5 Å². The fourth-order valence-electron chi connectivity index (χ4n) is 3.73. The standard InChI is InChI=1S/C21H29F3N4O4/c1-2-25-7-11-27(12-8-25)19(29)15-26-9-13-28(14-10-26)20(30)16-31-17-3-5-18(6-4-17)32-21(22,23)24/h3-6H,2,7-16H2,1H3. The maximum atomic E-state index is 12.5. The highest BCUT2D eigenvalue weighted by atomic mass is 19.4. The van der Waals surface area contributed by atoms with Crippen molar-refractivity contribution in [1.29, 1.82) is 0 Å². The zero-order valence-electron chi connectivity index (χ0n) is 18.1. The van der Waals surface area contributed by atoms with Gasteiger partial charge in [0.25, 0.3) is 5.91 Å². The Morgan fingerprint density at radius 3 is 1.84 bits per heavy atom. The average molecular weight is 458 g/mol. The van der Waals surface area contributed by atoms with Crippen molar-refractivity contribution in [2.45, 2.75) is 13.3 Å². The largest absolute Gasteiger partial charge is 0.573 e. The smallest absolute Gasteiger partial charge is 0.484 e. The van der Waals surface area contributed by atoms with E-state index in [1.54, 1.807) is 4.90 Å². The molecule has 8 nitrogen and oxygen atoms in total. The molecule has 2 fully saturated rings. The van der Waals surface area contributed by atoms with Crippen LogP contribution >= 0.6 is 0 Å². The summed E-state index contributed by atoms with van der Waals surface area (Å²) in [6.07, 6.45) is -4.75. The molecule has 2 aliphatic heterocycles. The van der Waals surface area contributed by atoms with Gasteiger partial charge in [0, 0.05) is 52.4 Å². The third-order valence-electron chi connectivity index (χ3n) is 5.68. The number of nitrogens with zero attached hydrogens (tertiary/aromatic N) is 4. The molecule has 0 unspecified atom stereocenters. The summed E-state index contributed by atoms with van der Waals surface area (Å²) in [4.78, 5) is 32.9. The predicted octanol–water partition coefficient (Wildman–Crippen LogP) is 1.27. The maximum Gasteiger partial charge on any atom is 0.573 e. The molecule has 0 atom stereocenters. The van der Waals surface area contributed by atoms with E-state index in [0.717, 1.165) is 44.9 Å². The lowest BCUT2D eigenvalue weighted by atomic mass is 10.2. The number of carbonyl (C=O) groups excluding carboxylic acids is 2. The number of piperazine rings is 2. The Bertz CT molecular complexity index is 759. The van der Waals surface area contributed by atoms with E-state index in [-0.39, 0.29) is 29.9 Å². The first kappa shape index (κ1) is 24.1. The second-order valence-electron chi connectivity index (χ2n) is 7.78. The Labute approximate surface area is 185 Å². The van der Waals surface area contributed by atoms with Gasteiger partial charge in [-0.1, -0.05) is 6.92 Å². The van der Waals surface area contributed by atoms with Crippen molar-refractivity contribution in [1.82, 2.24) is 19.6 Å². The second kappa shape index (κ2) is 10.9. The summed E-state index contributed by atoms with van der Waals surface area (Å²) < 4.78 is 45.8. The van der Waals surface area contributed by atoms with Gasteiger partial charge in [0.2, 0.25) is 5.91 Å². The topological polar surface area (TPSA) is 65.6 Å². The molecule has 0 saturated carbocycles. The van der Waals surface area contributed by atoms with Crippen molar-refractivity contribution in [3.63, 3.8) is 0 Å². The van der Waals surface area contributed by atoms with Crippen molar-refractivity contribution in [3.05, 3.63) is 24.3 Å². The van der Waals surface area contributed by atoms with E-state index < -0.39 is 6.36 Å². The lowest BCUT2D eigenvalue weighted by Crippen LogP contribution is -2.54. The molecular formula is C21H29F3N4O4. The molecule has 0 aromatic heterocycles. The zero-order valence-corrected chi connectivity index (χ0v) is 18.1. The minimum absolute atomic E-state index is 0.127. The summed E-state index contributed by atoms with van der Waals surface area (Å²) in [5, 5.41) is 0. The third-order valence-corrected chi connectivity index (χ3v) is 5.68. The highest BCUT2D eigenvalue weighted by Crippen LogP contribution is 2.24. The number of rotatable bonds is 7. The van der Waals surface area contributed by atoms with Crippen LogP contribution in [0.3, 0.4) is 0 Å². The molecular weight excluding hydrogens is 429 g/mol. The number of hydrogen-bond acceptors (Lipinski definition) is 6. The number of hydrogen-bond donors (Lipinski definition) is 0. The molecule has 0 bridgehead atoms. The first-order valence-corrected chi connectivity index (χ1v) is 10.7. The minimum atomic E-state index is -4.75. The van der Waals surface area contributed by atoms with E-state index in [0.29, 0.717) is 32.7 Å². The summed E-state index contributed by atoms with van der Waals surface area (Å²) in [5.74, 6) is -0.154. The molecule has 0 spiro atoms. The fraction of sp³-hybridized carbons (Fsp3) is 0.619. The van der Waals surface area contributed by atoms with Crippen LogP contribution in [0.5, 0.6) is 11.5 Å². The molecule has 11 heteroatoms. The van der Waals surface area contributed by atoms with Crippen molar-refractivity contribution in [2.75, 3.05) is 72.1 Å². The highest BCUT2D eigenvalue weighted by molar-refractivity contribution is 5.79. The number of ether oxygens (including phenoxy) is 2. The lowest BCUT2D eigenvalue weighted by Gasteiger charge is -2.37. The summed E-state index contributed by atoms with van der Waals surface area (Å²) in [6.45, 7) is 8.80. The van der Waals surface area contributed by atoms with Crippen LogP contribution in [0.1, 0.15) is 6.92 Å². The van der Waals surface area contributed by atoms with Crippen LogP contribution in [0.15, 0.2) is 24.3 Å². The van der Waals surface area contributed by atoms with Gasteiger partial charge in [-0.25, -0.2) is 0 Å². The Morgan fingerprint density at radius 2 is 1.31 bits per heavy atom. The van der Waals surface area contributed by atoms with Gasteiger partial charge in [0.1, 0.15) is 11.5 Å². The maximum absolute atomic E-state index is 12.5. The Balaban J connectivity index is 1.36. The summed E-state index contributed by atoms with van der Waals surface area (Å²) in [7, 11) is 0. The van der Waals surface area contributed by atoms with E-state index >= 15 is 0 Å². The Hall–Kier alpha value is -2.53. The van der Waals surface area contributed by atoms with Gasteiger partial charge in [0.05, 0.1) is 6.54 Å². The van der Waals surface area contributed by atoms with Crippen LogP contribution in [0.2, 0.25) is 0 Å². The van der Waals surface area contributed by atoms with Gasteiger partial charge in [-0.3, -0.25) is 14.5 Å². The molecule has 2 aliphatic rings. The van der Waals surface area contributed by atoms with Crippen molar-refractivity contribution in [2.24, 2.45) is 0 Å². The summed E-state index contributed by atoms with van der Waals surface area (Å²) in [6, 6.07) is 4.90. The number of alkyl halides is 3. The molecule has 0 aliphatic carbocycles. The third kappa shape index (κ3) is 7.27. The van der Waals surface area contributed by atoms with Crippen molar-refractivity contribution in [3.8, 4) is 11.5 Å². The van der Waals surface area contributed by atoms with E-state index in [4.69, 9.17) is 4.74 Å². The summed E-state index contributed by atoms with van der Waals surface area (Å²) in [5.41, 5.74) is 0. The predicted molar refractivity (Wildman–Crippen MR) is 110 cm³/mol. The van der Waals surface area contributed by atoms with Crippen molar-refractivity contribution >= 4 is 11.8 Å². The first-order chi connectivity index (χ1) is 15.2. The van der Waals surface area contributed by atoms with E-state index in [1.807, 2.05) is 4.90 Å². The molecule has 178 valence electrons. The van der Waals surface area contributed by atoms with Crippen LogP contribution in [0, 0.1) is 0 Å². The van der Waals surface area contributed by atoms with Crippen molar-refractivity contribution < 1.29 is 32.2 Å². The molecule has 0 N–H and O–H groups in total. The molecule has 1 aromatic carbocycles. The monoisotopic (exact) mass is 458 g/mol.